The van der Waals surface area contributed by atoms with Crippen molar-refractivity contribution in [2.75, 3.05) is 6.01 Å². The lowest BCUT2D eigenvalue weighted by atomic mass is 9.43. The van der Waals surface area contributed by atoms with Crippen molar-refractivity contribution in [1.29, 1.82) is 0 Å². The van der Waals surface area contributed by atoms with Gasteiger partial charge in [0.1, 0.15) is 11.4 Å². The SMILES string of the molecule is C[C@@H]1C[C@H]2[C@@H]3CC(=O)C4=CC(=O)C(F)=C(F)[C@]4(C)[C@H]3[C@@H](O)C[C@]2(C)[C@]1(C(=O)SCF)C(=O)C1(C)CC1. The van der Waals surface area contributed by atoms with E-state index in [4.69, 9.17) is 0 Å². The van der Waals surface area contributed by atoms with Crippen molar-refractivity contribution >= 4 is 34.2 Å². The van der Waals surface area contributed by atoms with Gasteiger partial charge in [0.25, 0.3) is 0 Å². The van der Waals surface area contributed by atoms with Crippen molar-refractivity contribution in [2.24, 2.45) is 45.3 Å². The summed E-state index contributed by atoms with van der Waals surface area (Å²) in [4.78, 5) is 53.1. The minimum Gasteiger partial charge on any atom is -0.393 e. The van der Waals surface area contributed by atoms with Crippen LogP contribution in [0.4, 0.5) is 13.2 Å². The van der Waals surface area contributed by atoms with Crippen molar-refractivity contribution in [3.05, 3.63) is 23.3 Å². The second-order valence-electron chi connectivity index (χ2n) is 12.2. The summed E-state index contributed by atoms with van der Waals surface area (Å²) in [6.45, 7) is 6.73. The first-order valence-corrected chi connectivity index (χ1v) is 13.5. The first-order valence-electron chi connectivity index (χ1n) is 12.5. The highest BCUT2D eigenvalue weighted by Crippen LogP contribution is 2.74. The van der Waals surface area contributed by atoms with Crippen LogP contribution in [0.5, 0.6) is 0 Å². The van der Waals surface area contributed by atoms with Gasteiger partial charge in [-0.3, -0.25) is 19.2 Å². The summed E-state index contributed by atoms with van der Waals surface area (Å²) >= 11 is 0.469. The van der Waals surface area contributed by atoms with E-state index in [0.717, 1.165) is 6.08 Å². The molecule has 0 amide bonds. The lowest BCUT2D eigenvalue weighted by molar-refractivity contribution is -0.169. The molecule has 5 aliphatic rings. The first-order chi connectivity index (χ1) is 16.7. The Morgan fingerprint density at radius 2 is 1.81 bits per heavy atom. The molecule has 5 nitrogen and oxygen atoms in total. The van der Waals surface area contributed by atoms with Gasteiger partial charge in [0.2, 0.25) is 16.7 Å². The minimum atomic E-state index is -1.82. The van der Waals surface area contributed by atoms with Crippen LogP contribution in [0.1, 0.15) is 59.8 Å². The molecule has 8 atom stereocenters. The molecule has 1 N–H and O–H groups in total. The molecule has 0 aromatic carbocycles. The molecule has 0 unspecified atom stereocenters. The molecule has 4 fully saturated rings. The molecular weight excluding hydrogens is 493 g/mol. The van der Waals surface area contributed by atoms with Gasteiger partial charge < -0.3 is 5.11 Å². The van der Waals surface area contributed by atoms with Crippen LogP contribution in [-0.2, 0) is 19.2 Å². The fraction of sp³-hybridized carbons (Fsp3) is 0.704. The Labute approximate surface area is 212 Å². The number of fused-ring (bicyclic) bond motifs is 5. The summed E-state index contributed by atoms with van der Waals surface area (Å²) < 4.78 is 43.5. The van der Waals surface area contributed by atoms with Crippen molar-refractivity contribution in [3.63, 3.8) is 0 Å². The van der Waals surface area contributed by atoms with E-state index in [9.17, 15) is 33.1 Å². The van der Waals surface area contributed by atoms with E-state index >= 15 is 4.39 Å². The summed E-state index contributed by atoms with van der Waals surface area (Å²) in [7, 11) is 0. The number of aliphatic hydroxyl groups is 1. The van der Waals surface area contributed by atoms with E-state index in [1.165, 1.54) is 6.92 Å². The summed E-state index contributed by atoms with van der Waals surface area (Å²) in [6, 6.07) is -0.985. The summed E-state index contributed by atoms with van der Waals surface area (Å²) in [5, 5.41) is 11.0. The number of ketones is 3. The zero-order chi connectivity index (χ0) is 26.6. The molecule has 5 rings (SSSR count). The average Bonchev–Trinajstić information content (AvgIpc) is 3.50. The third kappa shape index (κ3) is 2.90. The quantitative estimate of drug-likeness (QED) is 0.530. The summed E-state index contributed by atoms with van der Waals surface area (Å²) in [5.74, 6) is -7.34. The lowest BCUT2D eigenvalue weighted by Crippen LogP contribution is -2.63. The normalized spacial score (nSPS) is 45.0. The molecule has 196 valence electrons. The number of alkyl halides is 1. The van der Waals surface area contributed by atoms with Crippen LogP contribution < -0.4 is 0 Å². The molecular formula is C27H31F3O5S. The van der Waals surface area contributed by atoms with E-state index in [1.54, 1.807) is 20.8 Å². The first kappa shape index (κ1) is 25.9. The van der Waals surface area contributed by atoms with Crippen LogP contribution >= 0.6 is 11.8 Å². The minimum absolute atomic E-state index is 0.0521. The molecule has 0 heterocycles. The van der Waals surface area contributed by atoms with E-state index in [-0.39, 0.29) is 24.2 Å². The number of thioether (sulfide) groups is 1. The van der Waals surface area contributed by atoms with Gasteiger partial charge in [-0.1, -0.05) is 32.5 Å². The third-order valence-electron chi connectivity index (χ3n) is 10.6. The van der Waals surface area contributed by atoms with E-state index in [0.29, 0.717) is 31.0 Å². The predicted octanol–water partition coefficient (Wildman–Crippen LogP) is 4.83. The van der Waals surface area contributed by atoms with Crippen LogP contribution in [0.2, 0.25) is 0 Å². The van der Waals surface area contributed by atoms with Gasteiger partial charge in [0.05, 0.1) is 11.5 Å². The van der Waals surface area contributed by atoms with Gasteiger partial charge in [-0.05, 0) is 61.9 Å². The van der Waals surface area contributed by atoms with E-state index < -0.39 is 85.8 Å². The Bertz CT molecular complexity index is 1160. The fourth-order valence-electron chi connectivity index (χ4n) is 8.69. The molecule has 0 radical (unpaired) electrons. The van der Waals surface area contributed by atoms with Gasteiger partial charge in [-0.25, -0.2) is 8.78 Å². The van der Waals surface area contributed by atoms with Crippen molar-refractivity contribution in [3.8, 4) is 0 Å². The maximum Gasteiger partial charge on any atom is 0.217 e. The average molecular weight is 525 g/mol. The number of allylic oxidation sites excluding steroid dienone is 4. The number of carbonyl (C=O) groups is 4. The third-order valence-corrected chi connectivity index (χ3v) is 11.3. The van der Waals surface area contributed by atoms with Crippen LogP contribution in [0.15, 0.2) is 23.3 Å². The van der Waals surface area contributed by atoms with Crippen molar-refractivity contribution in [1.82, 2.24) is 0 Å². The zero-order valence-corrected chi connectivity index (χ0v) is 21.6. The smallest absolute Gasteiger partial charge is 0.217 e. The molecule has 4 saturated carbocycles. The lowest BCUT2D eigenvalue weighted by Gasteiger charge is -2.60. The Hall–Kier alpha value is -1.74. The number of halogens is 3. The second-order valence-corrected chi connectivity index (χ2v) is 13.1. The number of carbonyl (C=O) groups excluding carboxylic acids is 4. The van der Waals surface area contributed by atoms with Gasteiger partial charge in [-0.2, -0.15) is 4.39 Å². The summed E-state index contributed by atoms with van der Waals surface area (Å²) in [6.07, 6.45) is 1.01. The molecule has 0 aromatic heterocycles. The van der Waals surface area contributed by atoms with Crippen molar-refractivity contribution in [2.45, 2.75) is 65.9 Å². The fourth-order valence-corrected chi connectivity index (χ4v) is 9.55. The Morgan fingerprint density at radius 1 is 1.17 bits per heavy atom. The van der Waals surface area contributed by atoms with Gasteiger partial charge in [0, 0.05) is 23.3 Å². The topological polar surface area (TPSA) is 88.5 Å². The number of aliphatic hydroxyl groups excluding tert-OH is 1. The monoisotopic (exact) mass is 524 g/mol. The number of Topliss-reactive ketones (excluding diaryl/α,β-unsaturated/α-hetero) is 2. The molecule has 0 saturated heterocycles. The Kier molecular flexibility index (Phi) is 5.67. The number of hydrogen-bond donors (Lipinski definition) is 1. The van der Waals surface area contributed by atoms with Crippen LogP contribution in [-0.4, -0.2) is 39.7 Å². The second kappa shape index (κ2) is 7.88. The van der Waals surface area contributed by atoms with E-state index in [2.05, 4.69) is 0 Å². The molecule has 5 aliphatic carbocycles. The van der Waals surface area contributed by atoms with Gasteiger partial charge in [0.15, 0.2) is 17.4 Å². The van der Waals surface area contributed by atoms with Gasteiger partial charge >= 0.3 is 0 Å². The van der Waals surface area contributed by atoms with Gasteiger partial charge in [-0.15, -0.1) is 0 Å². The van der Waals surface area contributed by atoms with Crippen LogP contribution in [0, 0.1) is 45.3 Å². The standard InChI is InChI=1S/C27H31F3O5S/c1-12-7-14-13-8-16(31)15-9-17(32)20(29)21(30)26(15,4)19(13)18(33)10-25(14,3)27(12,23(35)36-11-28)22(34)24(2)5-6-24/h9,12-14,18-19,33H,5-8,10-11H2,1-4H3/t12-,13+,14+,18+,19-,25+,26+,27+/m1/s1. The molecule has 0 aromatic rings. The maximum atomic E-state index is 15.5. The molecule has 0 bridgehead atoms. The van der Waals surface area contributed by atoms with Crippen molar-refractivity contribution < 1.29 is 37.5 Å². The molecule has 36 heavy (non-hydrogen) atoms. The largest absolute Gasteiger partial charge is 0.393 e. The highest BCUT2D eigenvalue weighted by atomic mass is 32.2. The Balaban J connectivity index is 1.67. The predicted molar refractivity (Wildman–Crippen MR) is 126 cm³/mol. The highest BCUT2D eigenvalue weighted by molar-refractivity contribution is 8.13. The highest BCUT2D eigenvalue weighted by Gasteiger charge is 2.76. The summed E-state index contributed by atoms with van der Waals surface area (Å²) in [5.41, 5.74) is -5.33. The van der Waals surface area contributed by atoms with Crippen LogP contribution in [0.3, 0.4) is 0 Å². The molecule has 9 heteroatoms. The number of hydrogen-bond acceptors (Lipinski definition) is 6. The van der Waals surface area contributed by atoms with E-state index in [1.807, 2.05) is 0 Å². The maximum absolute atomic E-state index is 15.5. The molecule has 0 aliphatic heterocycles. The number of rotatable bonds is 4. The molecule has 0 spiro atoms. The Morgan fingerprint density at radius 3 is 2.39 bits per heavy atom. The van der Waals surface area contributed by atoms with Crippen LogP contribution in [0.25, 0.3) is 0 Å². The zero-order valence-electron chi connectivity index (χ0n) is 20.8.